The number of rotatable bonds is 7. The van der Waals surface area contributed by atoms with E-state index < -0.39 is 17.6 Å². The Morgan fingerprint density at radius 3 is 2.53 bits per heavy atom. The van der Waals surface area contributed by atoms with E-state index in [2.05, 4.69) is 25.2 Å². The van der Waals surface area contributed by atoms with Gasteiger partial charge in [-0.25, -0.2) is 0 Å². The molecular weight excluding hydrogens is 434 g/mol. The Morgan fingerprint density at radius 1 is 1.26 bits per heavy atom. The number of epoxide rings is 1. The van der Waals surface area contributed by atoms with Crippen LogP contribution in [0, 0.1) is 5.92 Å². The lowest BCUT2D eigenvalue weighted by Gasteiger charge is -2.44. The second-order valence-electron chi connectivity index (χ2n) is 9.57. The van der Waals surface area contributed by atoms with Gasteiger partial charge in [0, 0.05) is 18.7 Å². The summed E-state index contributed by atoms with van der Waals surface area (Å²) in [5, 5.41) is 26.1. The van der Waals surface area contributed by atoms with E-state index >= 15 is 0 Å². The van der Waals surface area contributed by atoms with Gasteiger partial charge in [-0.15, -0.1) is 0 Å². The molecule has 3 aliphatic rings. The van der Waals surface area contributed by atoms with Crippen molar-refractivity contribution < 1.29 is 29.2 Å². The number of ether oxygens (including phenoxy) is 3. The number of methoxy groups -OCH3 is 2. The average Bonchev–Trinajstić information content (AvgIpc) is 3.43. The lowest BCUT2D eigenvalue weighted by molar-refractivity contribution is -0.149. The van der Waals surface area contributed by atoms with Crippen molar-refractivity contribution in [2.24, 2.45) is 5.92 Å². The Bertz CT molecular complexity index is 1080. The molecule has 2 saturated heterocycles. The molecule has 182 valence electrons. The van der Waals surface area contributed by atoms with Crippen molar-refractivity contribution >= 4 is 5.91 Å². The van der Waals surface area contributed by atoms with Crippen LogP contribution in [0.4, 0.5) is 0 Å². The molecule has 0 bridgehead atoms. The van der Waals surface area contributed by atoms with Crippen molar-refractivity contribution in [3.8, 4) is 5.75 Å². The summed E-state index contributed by atoms with van der Waals surface area (Å²) in [6.07, 6.45) is 8.18. The van der Waals surface area contributed by atoms with E-state index in [0.29, 0.717) is 23.4 Å². The number of carbonyl (C=O) groups excluding carboxylic acids is 1. The maximum absolute atomic E-state index is 12.8. The molecule has 0 radical (unpaired) electrons. The minimum Gasteiger partial charge on any atom is -0.511 e. The van der Waals surface area contributed by atoms with Gasteiger partial charge in [-0.1, -0.05) is 42.0 Å². The summed E-state index contributed by atoms with van der Waals surface area (Å²) >= 11 is 0. The number of aliphatic hydroxyl groups excluding tert-OH is 1. The first kappa shape index (κ1) is 24.3. The van der Waals surface area contributed by atoms with Crippen LogP contribution in [0.15, 0.2) is 71.2 Å². The van der Waals surface area contributed by atoms with Crippen molar-refractivity contribution in [3.05, 3.63) is 76.7 Å². The van der Waals surface area contributed by atoms with E-state index in [0.717, 1.165) is 12.0 Å². The van der Waals surface area contributed by atoms with Gasteiger partial charge < -0.3 is 29.7 Å². The number of carbonyl (C=O) groups is 1. The van der Waals surface area contributed by atoms with Crippen molar-refractivity contribution in [1.82, 2.24) is 5.32 Å². The van der Waals surface area contributed by atoms with Crippen molar-refractivity contribution in [3.63, 3.8) is 0 Å². The summed E-state index contributed by atoms with van der Waals surface area (Å²) in [4.78, 5) is 12.8. The molecule has 1 aromatic rings. The molecule has 7 heteroatoms. The standard InChI is InChI=1S/C27H33NO6/c1-16(7-15-21-26(2,3)34-21)6-8-17-9-14-20-22(23(17)29)27(31,24(33-5)25(30)28-20)18-10-12-19(32-4)13-11-18/h6-8,10-14,17,21,24,29,31H,9,15H2,1-5H3,(H,28,30)/b8-6+,16-7+/t17?,21?,24-,27+/m0/s1. The lowest BCUT2D eigenvalue weighted by Crippen LogP contribution is -2.58. The lowest BCUT2D eigenvalue weighted by atomic mass is 9.72. The van der Waals surface area contributed by atoms with Crippen LogP contribution >= 0.6 is 0 Å². The second kappa shape index (κ2) is 9.06. The van der Waals surface area contributed by atoms with Gasteiger partial charge in [0.25, 0.3) is 5.91 Å². The molecule has 1 amide bonds. The van der Waals surface area contributed by atoms with Crippen LogP contribution < -0.4 is 10.1 Å². The molecule has 1 aromatic carbocycles. The van der Waals surface area contributed by atoms with Crippen LogP contribution in [0.2, 0.25) is 0 Å². The van der Waals surface area contributed by atoms with E-state index in [-0.39, 0.29) is 29.0 Å². The molecule has 1 aliphatic carbocycles. The smallest absolute Gasteiger partial charge is 0.257 e. The molecule has 0 spiro atoms. The molecule has 0 saturated carbocycles. The summed E-state index contributed by atoms with van der Waals surface area (Å²) in [5.74, 6) is -0.203. The van der Waals surface area contributed by atoms with Crippen LogP contribution in [-0.4, -0.2) is 48.1 Å². The average molecular weight is 468 g/mol. The van der Waals surface area contributed by atoms with Crippen LogP contribution in [0.5, 0.6) is 5.75 Å². The molecular formula is C27H33NO6. The van der Waals surface area contributed by atoms with E-state index in [9.17, 15) is 15.0 Å². The summed E-state index contributed by atoms with van der Waals surface area (Å²) < 4.78 is 16.3. The van der Waals surface area contributed by atoms with Crippen molar-refractivity contribution in [1.29, 1.82) is 0 Å². The first-order valence-corrected chi connectivity index (χ1v) is 11.5. The van der Waals surface area contributed by atoms with E-state index in [1.165, 1.54) is 7.11 Å². The van der Waals surface area contributed by atoms with Gasteiger partial charge in [0.2, 0.25) is 0 Å². The highest BCUT2D eigenvalue weighted by Gasteiger charge is 2.54. The van der Waals surface area contributed by atoms with Crippen molar-refractivity contribution in [2.75, 3.05) is 14.2 Å². The maximum atomic E-state index is 12.8. The summed E-state index contributed by atoms with van der Waals surface area (Å²) in [6, 6.07) is 6.75. The SMILES string of the molecule is COc1ccc([C@@]2(O)C3=C(O)C(/C=C/C(C)=C/CC4OC4(C)C)CC=C3NC(=O)[C@@H]2OC)cc1. The topological polar surface area (TPSA) is 101 Å². The molecule has 4 rings (SSSR count). The minimum absolute atomic E-state index is 0.00794. The molecule has 2 aliphatic heterocycles. The van der Waals surface area contributed by atoms with Gasteiger partial charge in [-0.05, 0) is 51.3 Å². The number of allylic oxidation sites excluding steroid dienone is 4. The van der Waals surface area contributed by atoms with Gasteiger partial charge in [0.15, 0.2) is 11.7 Å². The second-order valence-corrected chi connectivity index (χ2v) is 9.57. The highest BCUT2D eigenvalue weighted by Crippen LogP contribution is 2.46. The molecule has 0 aromatic heterocycles. The quantitative estimate of drug-likeness (QED) is 0.416. The predicted molar refractivity (Wildman–Crippen MR) is 128 cm³/mol. The molecule has 34 heavy (non-hydrogen) atoms. The number of fused-ring (bicyclic) bond motifs is 1. The number of nitrogens with one attached hydrogen (secondary N) is 1. The summed E-state index contributed by atoms with van der Waals surface area (Å²) in [6.45, 7) is 6.16. The van der Waals surface area contributed by atoms with Crippen LogP contribution in [-0.2, 0) is 19.9 Å². The Labute approximate surface area is 200 Å². The van der Waals surface area contributed by atoms with E-state index in [1.54, 1.807) is 31.4 Å². The monoisotopic (exact) mass is 467 g/mol. The van der Waals surface area contributed by atoms with Gasteiger partial charge in [0.05, 0.1) is 24.4 Å². The van der Waals surface area contributed by atoms with E-state index in [1.807, 2.05) is 25.2 Å². The van der Waals surface area contributed by atoms with Gasteiger partial charge in [0.1, 0.15) is 11.5 Å². The molecule has 2 unspecified atom stereocenters. The number of piperidine rings is 1. The van der Waals surface area contributed by atoms with Crippen LogP contribution in [0.1, 0.15) is 39.2 Å². The Kier molecular flexibility index (Phi) is 6.46. The predicted octanol–water partition coefficient (Wildman–Crippen LogP) is 3.81. The van der Waals surface area contributed by atoms with Crippen molar-refractivity contribution in [2.45, 2.75) is 57.0 Å². The Balaban J connectivity index is 1.67. The highest BCUT2D eigenvalue weighted by atomic mass is 16.6. The molecule has 3 N–H and O–H groups in total. The molecule has 4 atom stereocenters. The number of benzene rings is 1. The number of hydrogen-bond donors (Lipinski definition) is 3. The van der Waals surface area contributed by atoms with E-state index in [4.69, 9.17) is 14.2 Å². The third-order valence-corrected chi connectivity index (χ3v) is 6.88. The fourth-order valence-electron chi connectivity index (χ4n) is 4.70. The zero-order chi connectivity index (χ0) is 24.7. The van der Waals surface area contributed by atoms with Crippen LogP contribution in [0.25, 0.3) is 0 Å². The number of aliphatic hydroxyl groups is 2. The third kappa shape index (κ3) is 4.31. The Morgan fingerprint density at radius 2 is 1.94 bits per heavy atom. The number of amides is 1. The molecule has 2 heterocycles. The third-order valence-electron chi connectivity index (χ3n) is 6.88. The zero-order valence-corrected chi connectivity index (χ0v) is 20.3. The summed E-state index contributed by atoms with van der Waals surface area (Å²) in [7, 11) is 2.92. The fraction of sp³-hybridized carbons (Fsp3) is 0.444. The minimum atomic E-state index is -1.87. The largest absolute Gasteiger partial charge is 0.511 e. The fourth-order valence-corrected chi connectivity index (χ4v) is 4.70. The molecule has 2 fully saturated rings. The first-order chi connectivity index (χ1) is 16.1. The summed E-state index contributed by atoms with van der Waals surface area (Å²) in [5.41, 5.74) is 0.222. The Hall–Kier alpha value is -2.87. The first-order valence-electron chi connectivity index (χ1n) is 11.5. The van der Waals surface area contributed by atoms with Gasteiger partial charge >= 0.3 is 0 Å². The molecule has 7 nitrogen and oxygen atoms in total. The normalized spacial score (nSPS) is 30.6. The zero-order valence-electron chi connectivity index (χ0n) is 20.3. The van der Waals surface area contributed by atoms with Gasteiger partial charge in [-0.2, -0.15) is 0 Å². The van der Waals surface area contributed by atoms with Gasteiger partial charge in [-0.3, -0.25) is 4.79 Å². The van der Waals surface area contributed by atoms with Crippen LogP contribution in [0.3, 0.4) is 0 Å². The highest BCUT2D eigenvalue weighted by molar-refractivity contribution is 5.89. The number of hydrogen-bond acceptors (Lipinski definition) is 6. The maximum Gasteiger partial charge on any atom is 0.257 e.